The molecule has 0 bridgehead atoms. The molecule has 1 atom stereocenters. The first kappa shape index (κ1) is 19.8. The number of amides is 2. The lowest BCUT2D eigenvalue weighted by Crippen LogP contribution is -2.37. The Hall–Kier alpha value is -3.95. The van der Waals surface area contributed by atoms with Crippen LogP contribution in [0.1, 0.15) is 38.0 Å². The molecular formula is C19H13FN2O7. The molecule has 9 nitrogen and oxygen atoms in total. The molecule has 0 aromatic heterocycles. The third kappa shape index (κ3) is 3.72. The highest BCUT2D eigenvalue weighted by Crippen LogP contribution is 2.30. The second-order valence-electron chi connectivity index (χ2n) is 6.16. The Morgan fingerprint density at radius 2 is 1.79 bits per heavy atom. The number of benzene rings is 2. The Morgan fingerprint density at radius 1 is 1.14 bits per heavy atom. The molecule has 29 heavy (non-hydrogen) atoms. The molecule has 1 aliphatic heterocycles. The summed E-state index contributed by atoms with van der Waals surface area (Å²) in [5.74, 6) is -4.05. The Morgan fingerprint density at radius 3 is 2.41 bits per heavy atom. The smallest absolute Gasteiger partial charge is 0.326 e. The van der Waals surface area contributed by atoms with Crippen LogP contribution < -0.4 is 0 Å². The zero-order valence-electron chi connectivity index (χ0n) is 15.0. The van der Waals surface area contributed by atoms with Crippen LogP contribution in [0.25, 0.3) is 0 Å². The number of nitro groups is 1. The van der Waals surface area contributed by atoms with E-state index in [0.717, 1.165) is 18.2 Å². The summed E-state index contributed by atoms with van der Waals surface area (Å²) >= 11 is 0. The fourth-order valence-electron chi connectivity index (χ4n) is 2.88. The van der Waals surface area contributed by atoms with Crippen LogP contribution in [0.4, 0.5) is 10.1 Å². The minimum Gasteiger partial charge on any atom is -0.453 e. The van der Waals surface area contributed by atoms with E-state index in [1.165, 1.54) is 31.2 Å². The number of ether oxygens (including phenoxy) is 1. The highest BCUT2D eigenvalue weighted by Gasteiger charge is 2.42. The number of nitro benzene ring substituents is 1. The van der Waals surface area contributed by atoms with Gasteiger partial charge in [0.25, 0.3) is 17.5 Å². The van der Waals surface area contributed by atoms with Crippen molar-refractivity contribution in [3.8, 4) is 0 Å². The average molecular weight is 400 g/mol. The molecule has 2 aromatic carbocycles. The third-order valence-corrected chi connectivity index (χ3v) is 4.27. The second kappa shape index (κ2) is 7.58. The van der Waals surface area contributed by atoms with Crippen molar-refractivity contribution < 1.29 is 33.2 Å². The molecule has 0 saturated heterocycles. The van der Waals surface area contributed by atoms with E-state index >= 15 is 0 Å². The number of nitrogens with zero attached hydrogens (tertiary/aromatic N) is 2. The number of rotatable bonds is 6. The molecule has 3 rings (SSSR count). The highest BCUT2D eigenvalue weighted by molar-refractivity contribution is 6.24. The zero-order chi connectivity index (χ0) is 21.3. The molecule has 0 radical (unpaired) electrons. The number of imide groups is 1. The first-order chi connectivity index (χ1) is 13.7. The lowest BCUT2D eigenvalue weighted by Gasteiger charge is -2.16. The average Bonchev–Trinajstić information content (AvgIpc) is 2.92. The van der Waals surface area contributed by atoms with Gasteiger partial charge in [-0.05, 0) is 37.3 Å². The van der Waals surface area contributed by atoms with Gasteiger partial charge >= 0.3 is 5.97 Å². The van der Waals surface area contributed by atoms with Crippen molar-refractivity contribution in [2.24, 2.45) is 0 Å². The molecule has 0 saturated carbocycles. The first-order valence-corrected chi connectivity index (χ1v) is 8.33. The predicted octanol–water partition coefficient (Wildman–Crippen LogP) is 2.14. The molecule has 1 heterocycles. The van der Waals surface area contributed by atoms with Gasteiger partial charge in [-0.25, -0.2) is 4.39 Å². The molecule has 10 heteroatoms. The van der Waals surface area contributed by atoms with Crippen molar-refractivity contribution in [1.82, 2.24) is 4.90 Å². The normalized spacial score (nSPS) is 13.8. The lowest BCUT2D eigenvalue weighted by molar-refractivity contribution is -0.385. The van der Waals surface area contributed by atoms with Crippen molar-refractivity contribution >= 4 is 29.3 Å². The summed E-state index contributed by atoms with van der Waals surface area (Å²) in [6.45, 7) is 0.474. The van der Waals surface area contributed by atoms with Crippen LogP contribution in [0.2, 0.25) is 0 Å². The van der Waals surface area contributed by atoms with Crippen LogP contribution >= 0.6 is 0 Å². The maximum atomic E-state index is 12.9. The van der Waals surface area contributed by atoms with Gasteiger partial charge in [0.15, 0.2) is 6.10 Å². The van der Waals surface area contributed by atoms with Gasteiger partial charge in [-0.15, -0.1) is 0 Å². The van der Waals surface area contributed by atoms with Crippen LogP contribution in [0.15, 0.2) is 42.5 Å². The molecule has 0 spiro atoms. The summed E-state index contributed by atoms with van der Waals surface area (Å²) in [7, 11) is 0. The van der Waals surface area contributed by atoms with Crippen LogP contribution in [0.3, 0.4) is 0 Å². The van der Waals surface area contributed by atoms with E-state index < -0.39 is 58.2 Å². The van der Waals surface area contributed by atoms with Gasteiger partial charge < -0.3 is 4.74 Å². The quantitative estimate of drug-likeness (QED) is 0.239. The van der Waals surface area contributed by atoms with E-state index in [4.69, 9.17) is 4.74 Å². The van der Waals surface area contributed by atoms with E-state index in [1.807, 2.05) is 0 Å². The maximum Gasteiger partial charge on any atom is 0.326 e. The number of hydrogen-bond donors (Lipinski definition) is 0. The number of carbonyl (C=O) groups is 4. The fraction of sp³-hybridized carbons (Fsp3) is 0.158. The van der Waals surface area contributed by atoms with E-state index in [0.29, 0.717) is 4.90 Å². The SMILES string of the molecule is CC(OC(=O)CN1C(=O)c2cccc([N+](=O)[O-])c2C1=O)C(=O)c1ccc(F)cc1. The van der Waals surface area contributed by atoms with E-state index in [1.54, 1.807) is 0 Å². The molecular weight excluding hydrogens is 387 g/mol. The Bertz CT molecular complexity index is 1050. The molecule has 2 aromatic rings. The van der Waals surface area contributed by atoms with Gasteiger partial charge in [0.05, 0.1) is 10.5 Å². The molecule has 0 N–H and O–H groups in total. The maximum absolute atomic E-state index is 12.9. The lowest BCUT2D eigenvalue weighted by atomic mass is 10.1. The minimum atomic E-state index is -1.25. The third-order valence-electron chi connectivity index (χ3n) is 4.27. The van der Waals surface area contributed by atoms with Gasteiger partial charge in [0.2, 0.25) is 5.78 Å². The van der Waals surface area contributed by atoms with Gasteiger partial charge in [-0.2, -0.15) is 0 Å². The van der Waals surface area contributed by atoms with Crippen molar-refractivity contribution in [1.29, 1.82) is 0 Å². The minimum absolute atomic E-state index is 0.114. The van der Waals surface area contributed by atoms with Crippen molar-refractivity contribution in [2.45, 2.75) is 13.0 Å². The fourth-order valence-corrected chi connectivity index (χ4v) is 2.88. The van der Waals surface area contributed by atoms with E-state index in [2.05, 4.69) is 0 Å². The highest BCUT2D eigenvalue weighted by atomic mass is 19.1. The second-order valence-corrected chi connectivity index (χ2v) is 6.16. The molecule has 0 fully saturated rings. The van der Waals surface area contributed by atoms with E-state index in [-0.39, 0.29) is 11.1 Å². The summed E-state index contributed by atoms with van der Waals surface area (Å²) in [5.41, 5.74) is -1.02. The Kier molecular flexibility index (Phi) is 5.18. The number of hydrogen-bond acceptors (Lipinski definition) is 7. The summed E-state index contributed by atoms with van der Waals surface area (Å²) in [4.78, 5) is 60.0. The number of carbonyl (C=O) groups excluding carboxylic acids is 4. The van der Waals surface area contributed by atoms with E-state index in [9.17, 15) is 33.7 Å². The number of esters is 1. The standard InChI is InChI=1S/C19H13FN2O7/c1-10(17(24)11-5-7-12(20)8-6-11)29-15(23)9-21-18(25)13-3-2-4-14(22(27)28)16(13)19(21)26/h2-8,10H,9H2,1H3. The largest absolute Gasteiger partial charge is 0.453 e. The van der Waals surface area contributed by atoms with Gasteiger partial charge in [-0.1, -0.05) is 6.07 Å². The number of ketones is 1. The summed E-state index contributed by atoms with van der Waals surface area (Å²) < 4.78 is 17.9. The monoisotopic (exact) mass is 400 g/mol. The van der Waals surface area contributed by atoms with Crippen molar-refractivity contribution in [3.05, 3.63) is 75.1 Å². The number of halogens is 1. The predicted molar refractivity (Wildman–Crippen MR) is 94.7 cm³/mol. The summed E-state index contributed by atoms with van der Waals surface area (Å²) in [6.07, 6.45) is -1.25. The van der Waals surface area contributed by atoms with Crippen LogP contribution in [-0.2, 0) is 9.53 Å². The topological polar surface area (TPSA) is 124 Å². The van der Waals surface area contributed by atoms with Gasteiger partial charge in [0, 0.05) is 11.6 Å². The van der Waals surface area contributed by atoms with Gasteiger partial charge in [-0.3, -0.25) is 34.2 Å². The summed E-state index contributed by atoms with van der Waals surface area (Å²) in [5, 5.41) is 11.1. The molecule has 148 valence electrons. The Labute approximate surface area is 162 Å². The number of Topliss-reactive ketones (excluding diaryl/α,β-unsaturated/α-hetero) is 1. The van der Waals surface area contributed by atoms with Crippen LogP contribution in [0, 0.1) is 15.9 Å². The van der Waals surface area contributed by atoms with Crippen molar-refractivity contribution in [2.75, 3.05) is 6.54 Å². The van der Waals surface area contributed by atoms with Crippen LogP contribution in [-0.4, -0.2) is 46.0 Å². The molecule has 2 amide bonds. The van der Waals surface area contributed by atoms with Crippen molar-refractivity contribution in [3.63, 3.8) is 0 Å². The zero-order valence-corrected chi connectivity index (χ0v) is 15.0. The van der Waals surface area contributed by atoms with Gasteiger partial charge in [0.1, 0.15) is 17.9 Å². The first-order valence-electron chi connectivity index (χ1n) is 8.33. The Balaban J connectivity index is 1.71. The van der Waals surface area contributed by atoms with Crippen LogP contribution in [0.5, 0.6) is 0 Å². The molecule has 0 aliphatic carbocycles. The molecule has 1 unspecified atom stereocenters. The number of fused-ring (bicyclic) bond motifs is 1. The summed E-state index contributed by atoms with van der Waals surface area (Å²) in [6, 6.07) is 8.19. The molecule has 1 aliphatic rings.